The summed E-state index contributed by atoms with van der Waals surface area (Å²) >= 11 is 0. The van der Waals surface area contributed by atoms with Crippen molar-refractivity contribution in [2.24, 2.45) is 17.8 Å². The van der Waals surface area contributed by atoms with Gasteiger partial charge in [-0.1, -0.05) is 48.5 Å². The minimum atomic E-state index is 0. The average Bonchev–Trinajstić information content (AvgIpc) is 2.96. The van der Waals surface area contributed by atoms with Crippen molar-refractivity contribution < 1.29 is 0 Å². The van der Waals surface area contributed by atoms with Gasteiger partial charge in [0, 0.05) is 30.1 Å². The topological polar surface area (TPSA) is 68.2 Å². The lowest BCUT2D eigenvalue weighted by Crippen LogP contribution is -2.22. The van der Waals surface area contributed by atoms with Gasteiger partial charge in [0.15, 0.2) is 5.96 Å². The van der Waals surface area contributed by atoms with Gasteiger partial charge in [-0.3, -0.25) is 4.68 Å². The Morgan fingerprint density at radius 2 is 1.71 bits per heavy atom. The Bertz CT molecular complexity index is 797. The van der Waals surface area contributed by atoms with Crippen molar-refractivity contribution >= 4 is 35.6 Å². The molecule has 0 aliphatic carbocycles. The summed E-state index contributed by atoms with van der Waals surface area (Å²) < 4.78 is 1.80. The van der Waals surface area contributed by atoms with Crippen molar-refractivity contribution in [1.29, 1.82) is 0 Å². The van der Waals surface area contributed by atoms with E-state index in [2.05, 4.69) is 15.4 Å². The zero-order valence-electron chi connectivity index (χ0n) is 13.4. The van der Waals surface area contributed by atoms with Gasteiger partial charge in [0.25, 0.3) is 0 Å². The summed E-state index contributed by atoms with van der Waals surface area (Å²) in [4.78, 5) is 4.42. The van der Waals surface area contributed by atoms with Crippen LogP contribution in [0, 0.1) is 0 Å². The Hall–Kier alpha value is -2.35. The second-order valence-electron chi connectivity index (χ2n) is 5.24. The van der Waals surface area contributed by atoms with Crippen LogP contribution >= 0.6 is 24.0 Å². The minimum Gasteiger partial charge on any atom is -0.370 e. The lowest BCUT2D eigenvalue weighted by atomic mass is 10.1. The van der Waals surface area contributed by atoms with Crippen LogP contribution in [0.1, 0.15) is 5.56 Å². The van der Waals surface area contributed by atoms with Gasteiger partial charge in [-0.15, -0.1) is 24.0 Å². The van der Waals surface area contributed by atoms with Crippen molar-refractivity contribution in [2.75, 3.05) is 5.32 Å². The summed E-state index contributed by atoms with van der Waals surface area (Å²) in [6.45, 7) is 0.476. The third kappa shape index (κ3) is 4.58. The van der Waals surface area contributed by atoms with E-state index in [0.29, 0.717) is 12.5 Å². The maximum absolute atomic E-state index is 5.96. The minimum absolute atomic E-state index is 0. The largest absolute Gasteiger partial charge is 0.370 e. The van der Waals surface area contributed by atoms with Gasteiger partial charge in [0.05, 0.1) is 12.2 Å². The monoisotopic (exact) mass is 433 g/mol. The van der Waals surface area contributed by atoms with Crippen LogP contribution in [0.25, 0.3) is 11.3 Å². The summed E-state index contributed by atoms with van der Waals surface area (Å²) in [6.07, 6.45) is 1.97. The molecule has 0 unspecified atom stereocenters. The Morgan fingerprint density at radius 1 is 1.08 bits per heavy atom. The molecule has 0 aliphatic rings. The lowest BCUT2D eigenvalue weighted by Gasteiger charge is -2.05. The number of hydrogen-bond acceptors (Lipinski definition) is 2. The normalized spacial score (nSPS) is 11.0. The van der Waals surface area contributed by atoms with Gasteiger partial charge < -0.3 is 11.1 Å². The van der Waals surface area contributed by atoms with E-state index in [4.69, 9.17) is 5.73 Å². The Kier molecular flexibility index (Phi) is 6.36. The standard InChI is InChI=1S/C18H19N5.HI/c1-23-13-15(17(22-23)14-8-4-2-5-9-14)12-20-18(19)21-16-10-6-3-7-11-16;/h2-11,13H,12H2,1H3,(H3,19,20,21);1H. The molecule has 24 heavy (non-hydrogen) atoms. The highest BCUT2D eigenvalue weighted by atomic mass is 127. The first kappa shape index (κ1) is 18.0. The number of aryl methyl sites for hydroxylation is 1. The van der Waals surface area contributed by atoms with E-state index in [1.165, 1.54) is 0 Å². The molecule has 3 aromatic rings. The Morgan fingerprint density at radius 3 is 2.38 bits per heavy atom. The van der Waals surface area contributed by atoms with E-state index in [9.17, 15) is 0 Å². The molecule has 124 valence electrons. The van der Waals surface area contributed by atoms with Crippen molar-refractivity contribution in [3.63, 3.8) is 0 Å². The van der Waals surface area contributed by atoms with Crippen molar-refractivity contribution in [1.82, 2.24) is 9.78 Å². The molecule has 0 fully saturated rings. The van der Waals surface area contributed by atoms with Crippen LogP contribution < -0.4 is 11.1 Å². The van der Waals surface area contributed by atoms with Crippen molar-refractivity contribution in [3.05, 3.63) is 72.4 Å². The molecule has 0 amide bonds. The van der Waals surface area contributed by atoms with Crippen molar-refractivity contribution in [3.8, 4) is 11.3 Å². The first-order valence-electron chi connectivity index (χ1n) is 7.42. The molecule has 0 saturated carbocycles. The van der Waals surface area contributed by atoms with Gasteiger partial charge in [0.2, 0.25) is 0 Å². The van der Waals surface area contributed by atoms with Gasteiger partial charge in [-0.05, 0) is 12.1 Å². The predicted molar refractivity (Wildman–Crippen MR) is 109 cm³/mol. The van der Waals surface area contributed by atoms with Crippen LogP contribution in [-0.4, -0.2) is 15.7 Å². The summed E-state index contributed by atoms with van der Waals surface area (Å²) in [5.41, 5.74) is 9.93. The van der Waals surface area contributed by atoms with E-state index in [1.54, 1.807) is 4.68 Å². The van der Waals surface area contributed by atoms with E-state index in [1.807, 2.05) is 73.9 Å². The fourth-order valence-corrected chi connectivity index (χ4v) is 2.37. The smallest absolute Gasteiger partial charge is 0.193 e. The molecular formula is C18H20IN5. The van der Waals surface area contributed by atoms with Crippen LogP contribution in [0.5, 0.6) is 0 Å². The molecule has 0 atom stereocenters. The van der Waals surface area contributed by atoms with Crippen LogP contribution in [0.2, 0.25) is 0 Å². The fourth-order valence-electron chi connectivity index (χ4n) is 2.37. The predicted octanol–water partition coefficient (Wildman–Crippen LogP) is 3.63. The second kappa shape index (κ2) is 8.49. The molecule has 5 nitrogen and oxygen atoms in total. The quantitative estimate of drug-likeness (QED) is 0.375. The highest BCUT2D eigenvalue weighted by Gasteiger charge is 2.09. The first-order chi connectivity index (χ1) is 11.2. The summed E-state index contributed by atoms with van der Waals surface area (Å²) in [5.74, 6) is 0.388. The number of nitrogens with zero attached hydrogens (tertiary/aromatic N) is 3. The summed E-state index contributed by atoms with van der Waals surface area (Å²) in [6, 6.07) is 19.8. The fraction of sp³-hybridized carbons (Fsp3) is 0.111. The third-order valence-corrected chi connectivity index (χ3v) is 3.42. The maximum atomic E-state index is 5.96. The Labute approximate surface area is 158 Å². The van der Waals surface area contributed by atoms with Crippen LogP contribution in [0.4, 0.5) is 5.69 Å². The molecule has 6 heteroatoms. The van der Waals surface area contributed by atoms with Gasteiger partial charge >= 0.3 is 0 Å². The number of para-hydroxylation sites is 1. The number of guanidine groups is 1. The first-order valence-corrected chi connectivity index (χ1v) is 7.42. The van der Waals surface area contributed by atoms with Crippen LogP contribution in [-0.2, 0) is 13.6 Å². The number of halogens is 1. The van der Waals surface area contributed by atoms with Crippen LogP contribution in [0.3, 0.4) is 0 Å². The number of hydrogen-bond donors (Lipinski definition) is 2. The SMILES string of the molecule is Cn1cc(CN=C(N)Nc2ccccc2)c(-c2ccccc2)n1.I. The number of nitrogens with two attached hydrogens (primary N) is 1. The maximum Gasteiger partial charge on any atom is 0.193 e. The number of anilines is 1. The number of aromatic nitrogens is 2. The van der Waals surface area contributed by atoms with Gasteiger partial charge in [0.1, 0.15) is 0 Å². The molecule has 0 bridgehead atoms. The number of aliphatic imine (C=N–C) groups is 1. The third-order valence-electron chi connectivity index (χ3n) is 3.42. The zero-order chi connectivity index (χ0) is 16.1. The summed E-state index contributed by atoms with van der Waals surface area (Å²) in [7, 11) is 1.91. The zero-order valence-corrected chi connectivity index (χ0v) is 15.7. The van der Waals surface area contributed by atoms with E-state index < -0.39 is 0 Å². The van der Waals surface area contributed by atoms with E-state index in [0.717, 1.165) is 22.5 Å². The van der Waals surface area contributed by atoms with Gasteiger partial charge in [-0.25, -0.2) is 4.99 Å². The molecule has 3 N–H and O–H groups in total. The molecule has 2 aromatic carbocycles. The van der Waals surface area contributed by atoms with Crippen LogP contribution in [0.15, 0.2) is 71.9 Å². The molecule has 0 aliphatic heterocycles. The number of nitrogens with one attached hydrogen (secondary N) is 1. The van der Waals surface area contributed by atoms with Gasteiger partial charge in [-0.2, -0.15) is 5.10 Å². The number of benzene rings is 2. The van der Waals surface area contributed by atoms with E-state index in [-0.39, 0.29) is 24.0 Å². The Balaban J connectivity index is 0.00000208. The highest BCUT2D eigenvalue weighted by Crippen LogP contribution is 2.22. The number of rotatable bonds is 4. The average molecular weight is 433 g/mol. The van der Waals surface area contributed by atoms with E-state index >= 15 is 0 Å². The van der Waals surface area contributed by atoms with Crippen molar-refractivity contribution in [2.45, 2.75) is 6.54 Å². The highest BCUT2D eigenvalue weighted by molar-refractivity contribution is 14.0. The molecule has 3 rings (SSSR count). The molecule has 0 spiro atoms. The molecule has 1 aromatic heterocycles. The second-order valence-corrected chi connectivity index (χ2v) is 5.24. The molecule has 1 heterocycles. The summed E-state index contributed by atoms with van der Waals surface area (Å²) in [5, 5.41) is 7.61. The molecule has 0 saturated heterocycles. The molecular weight excluding hydrogens is 413 g/mol. The lowest BCUT2D eigenvalue weighted by molar-refractivity contribution is 0.769. The molecule has 0 radical (unpaired) electrons.